The lowest BCUT2D eigenvalue weighted by Crippen LogP contribution is -2.27. The first-order chi connectivity index (χ1) is 17.5. The van der Waals surface area contributed by atoms with Gasteiger partial charge in [0.2, 0.25) is 11.8 Å². The molecule has 0 spiro atoms. The fourth-order valence-electron chi connectivity index (χ4n) is 3.57. The molecule has 4 N–H and O–H groups in total. The molecule has 0 radical (unpaired) electrons. The van der Waals surface area contributed by atoms with Gasteiger partial charge in [-0.05, 0) is 62.2 Å². The van der Waals surface area contributed by atoms with Crippen molar-refractivity contribution >= 4 is 24.0 Å². The van der Waals surface area contributed by atoms with Crippen LogP contribution in [-0.4, -0.2) is 57.3 Å². The first-order valence-electron chi connectivity index (χ1n) is 11.9. The van der Waals surface area contributed by atoms with Crippen molar-refractivity contribution in [1.29, 1.82) is 0 Å². The van der Waals surface area contributed by atoms with E-state index in [1.54, 1.807) is 36.4 Å². The predicted molar refractivity (Wildman–Crippen MR) is 139 cm³/mol. The van der Waals surface area contributed by atoms with Gasteiger partial charge in [0.05, 0.1) is 19.8 Å². The summed E-state index contributed by atoms with van der Waals surface area (Å²) in [6.07, 6.45) is 8.75. The molecule has 2 amide bonds. The van der Waals surface area contributed by atoms with E-state index in [1.807, 2.05) is 0 Å². The van der Waals surface area contributed by atoms with E-state index in [-0.39, 0.29) is 23.3 Å². The number of rotatable bonds is 2. The fourth-order valence-corrected chi connectivity index (χ4v) is 3.57. The molecular weight excluding hydrogens is 462 g/mol. The van der Waals surface area contributed by atoms with Crippen LogP contribution >= 0.6 is 0 Å². The number of nitrogens with one attached hydrogen (secondary N) is 3. The number of phenolic OH excluding ortho intramolecular Hbond substituents is 1. The first-order valence-corrected chi connectivity index (χ1v) is 11.9. The zero-order chi connectivity index (χ0) is 25.8. The van der Waals surface area contributed by atoms with Crippen molar-refractivity contribution in [3.63, 3.8) is 0 Å². The molecule has 0 unspecified atom stereocenters. The smallest absolute Gasteiger partial charge is 0.244 e. The Hall–Kier alpha value is -3.98. The van der Waals surface area contributed by atoms with Gasteiger partial charge in [-0.25, -0.2) is 0 Å². The number of methoxy groups -OCH3 is 2. The van der Waals surface area contributed by atoms with Gasteiger partial charge in [0.15, 0.2) is 11.5 Å². The van der Waals surface area contributed by atoms with Crippen molar-refractivity contribution in [2.45, 2.75) is 19.3 Å². The zero-order valence-electron chi connectivity index (χ0n) is 20.6. The molecule has 0 saturated carbocycles. The normalized spacial score (nSPS) is 17.6. The van der Waals surface area contributed by atoms with Gasteiger partial charge in [0.25, 0.3) is 0 Å². The Morgan fingerprint density at radius 2 is 1.39 bits per heavy atom. The van der Waals surface area contributed by atoms with Gasteiger partial charge >= 0.3 is 0 Å². The third-order valence-corrected chi connectivity index (χ3v) is 5.47. The van der Waals surface area contributed by atoms with Crippen LogP contribution in [0.3, 0.4) is 0 Å². The van der Waals surface area contributed by atoms with Gasteiger partial charge < -0.3 is 35.3 Å². The van der Waals surface area contributed by atoms with E-state index >= 15 is 0 Å². The summed E-state index contributed by atoms with van der Waals surface area (Å²) in [5.41, 5.74) is 1.26. The van der Waals surface area contributed by atoms with Crippen LogP contribution in [0.5, 0.6) is 28.7 Å². The van der Waals surface area contributed by atoms with Crippen LogP contribution in [0.1, 0.15) is 30.4 Å². The van der Waals surface area contributed by atoms with E-state index < -0.39 is 0 Å². The molecule has 0 fully saturated rings. The standard InChI is InChI=1S/C27H33N3O6/c1-34-23-17-20-18-24(35-2)21(23)8-11-27(33)29-14-4-3-12-28-13-5-15-30-26(32)10-7-19-6-9-22(31)25(16-19)36-20/h6-11,16-18,28,31H,3-5,12-15H2,1-2H3,(H,29,33)(H,30,32)/b10-7-,11-8+. The molecule has 2 heterocycles. The highest BCUT2D eigenvalue weighted by molar-refractivity contribution is 5.93. The van der Waals surface area contributed by atoms with E-state index in [0.29, 0.717) is 41.5 Å². The average molecular weight is 496 g/mol. The molecular formula is C27H33N3O6. The number of benzene rings is 2. The molecule has 0 aliphatic carbocycles. The Labute approximate surface area is 211 Å². The summed E-state index contributed by atoms with van der Waals surface area (Å²) in [6, 6.07) is 8.08. The van der Waals surface area contributed by atoms with Gasteiger partial charge in [-0.3, -0.25) is 9.59 Å². The lowest BCUT2D eigenvalue weighted by Gasteiger charge is -2.15. The number of aromatic hydroxyl groups is 1. The molecule has 0 saturated heterocycles. The van der Waals surface area contributed by atoms with Gasteiger partial charge in [-0.15, -0.1) is 0 Å². The molecule has 9 nitrogen and oxygen atoms in total. The van der Waals surface area contributed by atoms with Crippen molar-refractivity contribution in [3.05, 3.63) is 53.6 Å². The van der Waals surface area contributed by atoms with Crippen molar-refractivity contribution in [2.75, 3.05) is 40.4 Å². The van der Waals surface area contributed by atoms with Crippen LogP contribution < -0.4 is 30.2 Å². The molecule has 4 bridgehead atoms. The topological polar surface area (TPSA) is 118 Å². The highest BCUT2D eigenvalue weighted by atomic mass is 16.5. The van der Waals surface area contributed by atoms with E-state index in [2.05, 4.69) is 16.0 Å². The van der Waals surface area contributed by atoms with Crippen molar-refractivity contribution in [1.82, 2.24) is 16.0 Å². The van der Waals surface area contributed by atoms with Crippen LogP contribution in [-0.2, 0) is 9.59 Å². The predicted octanol–water partition coefficient (Wildman–Crippen LogP) is 3.23. The summed E-state index contributed by atoms with van der Waals surface area (Å²) >= 11 is 0. The van der Waals surface area contributed by atoms with Crippen LogP contribution in [0, 0.1) is 0 Å². The quantitative estimate of drug-likeness (QED) is 0.505. The average Bonchev–Trinajstić information content (AvgIpc) is 2.88. The molecule has 2 aliphatic heterocycles. The number of hydrogen-bond acceptors (Lipinski definition) is 7. The van der Waals surface area contributed by atoms with Crippen LogP contribution in [0.2, 0.25) is 0 Å². The summed E-state index contributed by atoms with van der Waals surface area (Å²) in [7, 11) is 3.01. The van der Waals surface area contributed by atoms with Gasteiger partial charge in [-0.1, -0.05) is 6.07 Å². The summed E-state index contributed by atoms with van der Waals surface area (Å²) in [5, 5.41) is 19.4. The molecule has 2 aliphatic rings. The lowest BCUT2D eigenvalue weighted by molar-refractivity contribution is -0.117. The van der Waals surface area contributed by atoms with Crippen LogP contribution in [0.25, 0.3) is 12.2 Å². The summed E-state index contributed by atoms with van der Waals surface area (Å²) in [6.45, 7) is 2.75. The fraction of sp³-hybridized carbons (Fsp3) is 0.333. The highest BCUT2D eigenvalue weighted by Crippen LogP contribution is 2.39. The van der Waals surface area contributed by atoms with E-state index in [1.165, 1.54) is 32.4 Å². The van der Waals surface area contributed by atoms with Gasteiger partial charge in [0.1, 0.15) is 17.2 Å². The Balaban J connectivity index is 1.89. The summed E-state index contributed by atoms with van der Waals surface area (Å²) in [5.74, 6) is 0.944. The molecule has 2 aromatic carbocycles. The highest BCUT2D eigenvalue weighted by Gasteiger charge is 2.14. The second-order valence-electron chi connectivity index (χ2n) is 8.13. The molecule has 2 aromatic rings. The minimum absolute atomic E-state index is 0.0656. The molecule has 0 atom stereocenters. The molecule has 192 valence electrons. The Kier molecular flexibility index (Phi) is 10.2. The van der Waals surface area contributed by atoms with Crippen molar-refractivity contribution < 1.29 is 28.9 Å². The number of amides is 2. The number of fused-ring (bicyclic) bond motifs is 15. The molecule has 9 heteroatoms. The van der Waals surface area contributed by atoms with Crippen molar-refractivity contribution in [2.24, 2.45) is 0 Å². The van der Waals surface area contributed by atoms with Gasteiger partial charge in [-0.2, -0.15) is 0 Å². The summed E-state index contributed by atoms with van der Waals surface area (Å²) < 4.78 is 16.9. The first kappa shape index (κ1) is 26.6. The summed E-state index contributed by atoms with van der Waals surface area (Å²) in [4.78, 5) is 24.4. The lowest BCUT2D eigenvalue weighted by atomic mass is 10.1. The maximum Gasteiger partial charge on any atom is 0.244 e. The van der Waals surface area contributed by atoms with E-state index in [9.17, 15) is 14.7 Å². The third-order valence-electron chi connectivity index (χ3n) is 5.47. The number of hydrogen-bond donors (Lipinski definition) is 4. The SMILES string of the molecule is COc1cc2cc(OC)c1/C=C/C(=O)NCCCCNCCCNC(=O)/C=C\c1ccc(O)c(c1)O2. The molecule has 4 rings (SSSR count). The third kappa shape index (κ3) is 8.06. The van der Waals surface area contributed by atoms with Gasteiger partial charge in [0, 0.05) is 37.4 Å². The largest absolute Gasteiger partial charge is 0.504 e. The zero-order valence-corrected chi connectivity index (χ0v) is 20.6. The number of carbonyl (C=O) groups is 2. The van der Waals surface area contributed by atoms with E-state index in [0.717, 1.165) is 32.4 Å². The Morgan fingerprint density at radius 1 is 0.778 bits per heavy atom. The minimum atomic E-state index is -0.215. The Morgan fingerprint density at radius 3 is 2.08 bits per heavy atom. The maximum absolute atomic E-state index is 12.3. The second-order valence-corrected chi connectivity index (χ2v) is 8.13. The monoisotopic (exact) mass is 495 g/mol. The number of phenols is 1. The Bertz CT molecular complexity index is 1090. The second kappa shape index (κ2) is 13.8. The van der Waals surface area contributed by atoms with Crippen molar-refractivity contribution in [3.8, 4) is 28.7 Å². The number of carbonyl (C=O) groups excluding carboxylic acids is 2. The van der Waals surface area contributed by atoms with E-state index in [4.69, 9.17) is 14.2 Å². The number of ether oxygens (including phenoxy) is 3. The maximum atomic E-state index is 12.3. The van der Waals surface area contributed by atoms with Crippen LogP contribution in [0.15, 0.2) is 42.5 Å². The molecule has 0 aromatic heterocycles. The van der Waals surface area contributed by atoms with Crippen LogP contribution in [0.4, 0.5) is 0 Å². The minimum Gasteiger partial charge on any atom is -0.504 e. The molecule has 36 heavy (non-hydrogen) atoms.